The van der Waals surface area contributed by atoms with Gasteiger partial charge in [0.05, 0.1) is 12.8 Å². The van der Waals surface area contributed by atoms with E-state index in [1.54, 1.807) is 32.2 Å². The lowest BCUT2D eigenvalue weighted by molar-refractivity contribution is -0.111. The average molecular weight is 191 g/mol. The molecule has 1 aromatic carbocycles. The molecular weight excluding hydrogens is 178 g/mol. The number of hydrogen-bond donors (Lipinski definition) is 1. The lowest BCUT2D eigenvalue weighted by atomic mass is 10.3. The predicted octanol–water partition coefficient (Wildman–Crippen LogP) is 2.21. The second kappa shape index (κ2) is 5.07. The van der Waals surface area contributed by atoms with Gasteiger partial charge in [0.1, 0.15) is 5.75 Å². The minimum Gasteiger partial charge on any atom is -0.495 e. The number of hydrogen-bond acceptors (Lipinski definition) is 2. The zero-order valence-corrected chi connectivity index (χ0v) is 8.28. The molecule has 0 aliphatic rings. The van der Waals surface area contributed by atoms with Crippen LogP contribution in [0, 0.1) is 0 Å². The minimum atomic E-state index is -0.156. The first-order chi connectivity index (χ1) is 6.77. The molecule has 0 aliphatic heterocycles. The molecule has 74 valence electrons. The third kappa shape index (κ3) is 2.62. The molecule has 0 aliphatic carbocycles. The molecule has 1 N–H and O–H groups in total. The predicted molar refractivity (Wildman–Crippen MR) is 56.4 cm³/mol. The molecule has 0 saturated heterocycles. The number of amides is 1. The van der Waals surface area contributed by atoms with Crippen molar-refractivity contribution in [3.05, 3.63) is 36.4 Å². The van der Waals surface area contributed by atoms with Crippen molar-refractivity contribution in [2.24, 2.45) is 0 Å². The van der Waals surface area contributed by atoms with Crippen molar-refractivity contribution in [1.29, 1.82) is 0 Å². The number of benzene rings is 1. The first-order valence-corrected chi connectivity index (χ1v) is 4.34. The van der Waals surface area contributed by atoms with Crippen molar-refractivity contribution >= 4 is 11.6 Å². The molecule has 0 aromatic heterocycles. The molecule has 1 amide bonds. The first kappa shape index (κ1) is 10.3. The largest absolute Gasteiger partial charge is 0.495 e. The molecule has 3 heteroatoms. The van der Waals surface area contributed by atoms with E-state index in [-0.39, 0.29) is 5.91 Å². The van der Waals surface area contributed by atoms with Crippen LogP contribution in [0.2, 0.25) is 0 Å². The normalized spacial score (nSPS) is 10.1. The van der Waals surface area contributed by atoms with Crippen molar-refractivity contribution in [2.45, 2.75) is 6.92 Å². The molecule has 0 atom stereocenters. The number of para-hydroxylation sites is 2. The number of carbonyl (C=O) groups is 1. The fourth-order valence-electron chi connectivity index (χ4n) is 1.07. The summed E-state index contributed by atoms with van der Waals surface area (Å²) in [7, 11) is 1.57. The maximum absolute atomic E-state index is 11.2. The second-order valence-corrected chi connectivity index (χ2v) is 2.69. The van der Waals surface area contributed by atoms with E-state index in [2.05, 4.69) is 5.32 Å². The van der Waals surface area contributed by atoms with Gasteiger partial charge in [0, 0.05) is 0 Å². The Bertz CT molecular complexity index is 345. The van der Waals surface area contributed by atoms with Crippen LogP contribution in [-0.4, -0.2) is 13.0 Å². The smallest absolute Gasteiger partial charge is 0.248 e. The Morgan fingerprint density at radius 2 is 2.14 bits per heavy atom. The van der Waals surface area contributed by atoms with Crippen LogP contribution >= 0.6 is 0 Å². The molecular formula is C11H13NO2. The van der Waals surface area contributed by atoms with Crippen LogP contribution in [0.25, 0.3) is 0 Å². The summed E-state index contributed by atoms with van der Waals surface area (Å²) in [5.74, 6) is 0.502. The van der Waals surface area contributed by atoms with E-state index < -0.39 is 0 Å². The molecule has 0 spiro atoms. The van der Waals surface area contributed by atoms with Crippen LogP contribution in [0.15, 0.2) is 36.4 Å². The highest BCUT2D eigenvalue weighted by atomic mass is 16.5. The van der Waals surface area contributed by atoms with Gasteiger partial charge in [-0.25, -0.2) is 0 Å². The van der Waals surface area contributed by atoms with Gasteiger partial charge in [-0.2, -0.15) is 0 Å². The Kier molecular flexibility index (Phi) is 3.73. The van der Waals surface area contributed by atoms with E-state index in [0.29, 0.717) is 11.4 Å². The zero-order valence-electron chi connectivity index (χ0n) is 8.28. The summed E-state index contributed by atoms with van der Waals surface area (Å²) in [6.07, 6.45) is 3.15. The Morgan fingerprint density at radius 1 is 1.43 bits per heavy atom. The topological polar surface area (TPSA) is 38.3 Å². The number of nitrogens with one attached hydrogen (secondary N) is 1. The number of rotatable bonds is 3. The van der Waals surface area contributed by atoms with Crippen molar-refractivity contribution in [3.63, 3.8) is 0 Å². The first-order valence-electron chi connectivity index (χ1n) is 4.34. The van der Waals surface area contributed by atoms with Crippen LogP contribution in [-0.2, 0) is 4.79 Å². The van der Waals surface area contributed by atoms with Crippen molar-refractivity contribution in [2.75, 3.05) is 12.4 Å². The SMILES string of the molecule is CC=CC(=O)Nc1ccccc1OC. The lowest BCUT2D eigenvalue weighted by Gasteiger charge is -2.07. The summed E-state index contributed by atoms with van der Waals surface area (Å²) >= 11 is 0. The summed E-state index contributed by atoms with van der Waals surface area (Å²) in [4.78, 5) is 11.2. The zero-order chi connectivity index (χ0) is 10.4. The molecule has 3 nitrogen and oxygen atoms in total. The number of ether oxygens (including phenoxy) is 1. The third-order valence-corrected chi connectivity index (χ3v) is 1.68. The summed E-state index contributed by atoms with van der Waals surface area (Å²) in [5, 5.41) is 2.71. The summed E-state index contributed by atoms with van der Waals surface area (Å²) in [6.45, 7) is 1.79. The van der Waals surface area contributed by atoms with Gasteiger partial charge in [-0.05, 0) is 25.1 Å². The highest BCUT2D eigenvalue weighted by molar-refractivity contribution is 6.00. The standard InChI is InChI=1S/C11H13NO2/c1-3-6-11(13)12-9-7-4-5-8-10(9)14-2/h3-8H,1-2H3,(H,12,13). The maximum atomic E-state index is 11.2. The third-order valence-electron chi connectivity index (χ3n) is 1.68. The number of carbonyl (C=O) groups excluding carboxylic acids is 1. The van der Waals surface area contributed by atoms with Gasteiger partial charge in [0.15, 0.2) is 0 Å². The van der Waals surface area contributed by atoms with Gasteiger partial charge in [-0.1, -0.05) is 18.2 Å². The Labute approximate surface area is 83.4 Å². The Balaban J connectivity index is 2.80. The van der Waals surface area contributed by atoms with Crippen LogP contribution in [0.3, 0.4) is 0 Å². The molecule has 0 unspecified atom stereocenters. The summed E-state index contributed by atoms with van der Waals surface area (Å²) in [6, 6.07) is 7.28. The molecule has 0 heterocycles. The fourth-order valence-corrected chi connectivity index (χ4v) is 1.07. The van der Waals surface area contributed by atoms with E-state index in [1.807, 2.05) is 12.1 Å². The molecule has 0 fully saturated rings. The average Bonchev–Trinajstić information content (AvgIpc) is 2.19. The number of allylic oxidation sites excluding steroid dienone is 1. The quantitative estimate of drug-likeness (QED) is 0.744. The van der Waals surface area contributed by atoms with Gasteiger partial charge in [0.2, 0.25) is 5.91 Å². The minimum absolute atomic E-state index is 0.156. The second-order valence-electron chi connectivity index (χ2n) is 2.69. The fraction of sp³-hybridized carbons (Fsp3) is 0.182. The van der Waals surface area contributed by atoms with E-state index in [0.717, 1.165) is 0 Å². The molecule has 1 aromatic rings. The molecule has 0 bridgehead atoms. The van der Waals surface area contributed by atoms with Gasteiger partial charge >= 0.3 is 0 Å². The van der Waals surface area contributed by atoms with Crippen LogP contribution in [0.5, 0.6) is 5.75 Å². The monoisotopic (exact) mass is 191 g/mol. The molecule has 1 rings (SSSR count). The van der Waals surface area contributed by atoms with Gasteiger partial charge in [-0.15, -0.1) is 0 Å². The van der Waals surface area contributed by atoms with Crippen molar-refractivity contribution < 1.29 is 9.53 Å². The van der Waals surface area contributed by atoms with Crippen LogP contribution in [0.4, 0.5) is 5.69 Å². The van der Waals surface area contributed by atoms with Crippen LogP contribution < -0.4 is 10.1 Å². The number of methoxy groups -OCH3 is 1. The summed E-state index contributed by atoms with van der Waals surface area (Å²) < 4.78 is 5.09. The molecule has 0 saturated carbocycles. The van der Waals surface area contributed by atoms with E-state index >= 15 is 0 Å². The molecule has 0 radical (unpaired) electrons. The van der Waals surface area contributed by atoms with E-state index in [1.165, 1.54) is 6.08 Å². The number of anilines is 1. The molecule has 14 heavy (non-hydrogen) atoms. The summed E-state index contributed by atoms with van der Waals surface area (Å²) in [5.41, 5.74) is 0.679. The highest BCUT2D eigenvalue weighted by Crippen LogP contribution is 2.22. The van der Waals surface area contributed by atoms with E-state index in [4.69, 9.17) is 4.74 Å². The Hall–Kier alpha value is -1.77. The lowest BCUT2D eigenvalue weighted by Crippen LogP contribution is -2.08. The maximum Gasteiger partial charge on any atom is 0.248 e. The highest BCUT2D eigenvalue weighted by Gasteiger charge is 2.02. The van der Waals surface area contributed by atoms with Crippen molar-refractivity contribution in [1.82, 2.24) is 0 Å². The van der Waals surface area contributed by atoms with Gasteiger partial charge in [0.25, 0.3) is 0 Å². The van der Waals surface area contributed by atoms with Gasteiger partial charge < -0.3 is 10.1 Å². The van der Waals surface area contributed by atoms with Crippen LogP contribution in [0.1, 0.15) is 6.92 Å². The van der Waals surface area contributed by atoms with Gasteiger partial charge in [-0.3, -0.25) is 4.79 Å². The van der Waals surface area contributed by atoms with Crippen molar-refractivity contribution in [3.8, 4) is 5.75 Å². The van der Waals surface area contributed by atoms with E-state index in [9.17, 15) is 4.79 Å². The Morgan fingerprint density at radius 3 is 2.79 bits per heavy atom.